The van der Waals surface area contributed by atoms with E-state index in [1.807, 2.05) is 47.7 Å². The number of allylic oxidation sites excluding steroid dienone is 3. The first kappa shape index (κ1) is 18.3. The summed E-state index contributed by atoms with van der Waals surface area (Å²) in [5.74, 6) is 0. The zero-order chi connectivity index (χ0) is 13.8. The molecule has 0 fully saturated rings. The van der Waals surface area contributed by atoms with E-state index in [0.717, 1.165) is 31.0 Å². The molecular weight excluding hydrogens is 210 g/mol. The third kappa shape index (κ3) is 9.88. The molecule has 0 atom stereocenters. The molecule has 0 heterocycles. The minimum atomic E-state index is 0.742. The Morgan fingerprint density at radius 2 is 1.76 bits per heavy atom. The first-order valence-corrected chi connectivity index (χ1v) is 6.31. The molecule has 100 valence electrons. The van der Waals surface area contributed by atoms with Crippen molar-refractivity contribution in [2.24, 2.45) is 0 Å². The van der Waals surface area contributed by atoms with Crippen molar-refractivity contribution in [3.05, 3.63) is 36.1 Å². The fraction of sp³-hybridized carbons (Fsp3) is 0.600. The Balaban J connectivity index is 0. The summed E-state index contributed by atoms with van der Waals surface area (Å²) in [5.41, 5.74) is 3.24. The highest BCUT2D eigenvalue weighted by Crippen LogP contribution is 2.10. The molecule has 2 heteroatoms. The molecule has 0 aromatic rings. The Labute approximate surface area is 108 Å². The molecule has 0 aliphatic heterocycles. The van der Waals surface area contributed by atoms with Gasteiger partial charge in [0.1, 0.15) is 0 Å². The Hall–Kier alpha value is -1.02. The van der Waals surface area contributed by atoms with Gasteiger partial charge in [-0.1, -0.05) is 32.6 Å². The van der Waals surface area contributed by atoms with E-state index in [4.69, 9.17) is 4.74 Å². The second kappa shape index (κ2) is 11.5. The van der Waals surface area contributed by atoms with Gasteiger partial charge in [0.15, 0.2) is 0 Å². The maximum atomic E-state index is 5.29. The van der Waals surface area contributed by atoms with Crippen LogP contribution in [0.1, 0.15) is 34.6 Å². The summed E-state index contributed by atoms with van der Waals surface area (Å²) in [6, 6.07) is 0. The van der Waals surface area contributed by atoms with E-state index in [-0.39, 0.29) is 0 Å². The first-order chi connectivity index (χ1) is 7.99. The van der Waals surface area contributed by atoms with Gasteiger partial charge in [-0.3, -0.25) is 0 Å². The van der Waals surface area contributed by atoms with Crippen molar-refractivity contribution in [2.45, 2.75) is 34.6 Å². The zero-order valence-electron chi connectivity index (χ0n) is 12.5. The van der Waals surface area contributed by atoms with Crippen molar-refractivity contribution in [3.63, 3.8) is 0 Å². The van der Waals surface area contributed by atoms with Gasteiger partial charge >= 0.3 is 0 Å². The van der Waals surface area contributed by atoms with Gasteiger partial charge in [0.2, 0.25) is 0 Å². The fourth-order valence-electron chi connectivity index (χ4n) is 0.973. The summed E-state index contributed by atoms with van der Waals surface area (Å²) in [7, 11) is 2.02. The summed E-state index contributed by atoms with van der Waals surface area (Å²) in [4.78, 5) is 2.09. The Bertz CT molecular complexity index is 254. The molecule has 2 nitrogen and oxygen atoms in total. The Morgan fingerprint density at radius 3 is 2.18 bits per heavy atom. The molecular formula is C15H29NO. The predicted molar refractivity (Wildman–Crippen MR) is 78.2 cm³/mol. The highest BCUT2D eigenvalue weighted by Gasteiger charge is 1.99. The van der Waals surface area contributed by atoms with Crippen molar-refractivity contribution < 1.29 is 4.74 Å². The summed E-state index contributed by atoms with van der Waals surface area (Å²) in [6.07, 6.45) is 2.05. The maximum absolute atomic E-state index is 5.29. The summed E-state index contributed by atoms with van der Waals surface area (Å²) in [6.45, 7) is 20.3. The lowest BCUT2D eigenvalue weighted by Crippen LogP contribution is -2.21. The smallest absolute Gasteiger partial charge is 0.0641 e. The van der Waals surface area contributed by atoms with Crippen molar-refractivity contribution in [1.29, 1.82) is 0 Å². The first-order valence-electron chi connectivity index (χ1n) is 6.31. The molecule has 0 aromatic heterocycles. The SMILES string of the molecule is C=C(C)/C(C)=C\C(=C)N(C)CCOCC.CC. The van der Waals surface area contributed by atoms with Crippen LogP contribution in [0.4, 0.5) is 0 Å². The summed E-state index contributed by atoms with van der Waals surface area (Å²) >= 11 is 0. The van der Waals surface area contributed by atoms with Crippen LogP contribution in [0.15, 0.2) is 36.1 Å². The van der Waals surface area contributed by atoms with E-state index in [2.05, 4.69) is 18.1 Å². The van der Waals surface area contributed by atoms with Crippen LogP contribution in [0.5, 0.6) is 0 Å². The van der Waals surface area contributed by atoms with E-state index in [9.17, 15) is 0 Å². The number of hydrogen-bond acceptors (Lipinski definition) is 2. The standard InChI is InChI=1S/C13H23NO.C2H6/c1-7-15-9-8-14(6)13(5)10-12(4)11(2)3;1-2/h10H,2,5,7-9H2,1,3-4,6H3;1-2H3/b12-10-;. The molecule has 0 saturated heterocycles. The van der Waals surface area contributed by atoms with Crippen LogP contribution in [0, 0.1) is 0 Å². The van der Waals surface area contributed by atoms with Crippen molar-refractivity contribution in [1.82, 2.24) is 4.90 Å². The molecule has 0 aromatic carbocycles. The van der Waals surface area contributed by atoms with E-state index in [1.54, 1.807) is 0 Å². The van der Waals surface area contributed by atoms with Gasteiger partial charge in [-0.2, -0.15) is 0 Å². The van der Waals surface area contributed by atoms with Crippen LogP contribution in [-0.4, -0.2) is 31.7 Å². The van der Waals surface area contributed by atoms with Gasteiger partial charge in [-0.05, 0) is 32.4 Å². The van der Waals surface area contributed by atoms with Crippen molar-refractivity contribution >= 4 is 0 Å². The van der Waals surface area contributed by atoms with E-state index in [1.165, 1.54) is 5.57 Å². The molecule has 0 aliphatic rings. The normalized spacial score (nSPS) is 10.4. The Morgan fingerprint density at radius 1 is 1.24 bits per heavy atom. The number of hydrogen-bond donors (Lipinski definition) is 0. The van der Waals surface area contributed by atoms with Gasteiger partial charge in [-0.25, -0.2) is 0 Å². The molecule has 0 radical (unpaired) electrons. The van der Waals surface area contributed by atoms with Crippen LogP contribution < -0.4 is 0 Å². The topological polar surface area (TPSA) is 12.5 Å². The van der Waals surface area contributed by atoms with Crippen molar-refractivity contribution in [2.75, 3.05) is 26.8 Å². The molecule has 0 aliphatic carbocycles. The van der Waals surface area contributed by atoms with Gasteiger partial charge < -0.3 is 9.64 Å². The summed E-state index contributed by atoms with van der Waals surface area (Å²) < 4.78 is 5.29. The highest BCUT2D eigenvalue weighted by atomic mass is 16.5. The third-order valence-corrected chi connectivity index (χ3v) is 2.32. The van der Waals surface area contributed by atoms with E-state index in [0.29, 0.717) is 0 Å². The zero-order valence-corrected chi connectivity index (χ0v) is 12.5. The van der Waals surface area contributed by atoms with Crippen LogP contribution in [0.25, 0.3) is 0 Å². The highest BCUT2D eigenvalue weighted by molar-refractivity contribution is 5.30. The minimum absolute atomic E-state index is 0.742. The molecule has 17 heavy (non-hydrogen) atoms. The van der Waals surface area contributed by atoms with Gasteiger partial charge in [0.05, 0.1) is 6.61 Å². The maximum Gasteiger partial charge on any atom is 0.0641 e. The average molecular weight is 239 g/mol. The van der Waals surface area contributed by atoms with E-state index >= 15 is 0 Å². The number of ether oxygens (including phenoxy) is 1. The average Bonchev–Trinajstić information content (AvgIpc) is 2.31. The minimum Gasteiger partial charge on any atom is -0.380 e. The second-order valence-electron chi connectivity index (χ2n) is 3.72. The largest absolute Gasteiger partial charge is 0.380 e. The second-order valence-corrected chi connectivity index (χ2v) is 3.72. The molecule has 0 amide bonds. The molecule has 0 unspecified atom stereocenters. The number of rotatable bonds is 7. The lowest BCUT2D eigenvalue weighted by Gasteiger charge is -2.19. The molecule has 0 N–H and O–H groups in total. The van der Waals surface area contributed by atoms with Gasteiger partial charge in [0.25, 0.3) is 0 Å². The van der Waals surface area contributed by atoms with Gasteiger partial charge in [-0.15, -0.1) is 0 Å². The predicted octanol–water partition coefficient (Wildman–Crippen LogP) is 4.02. The number of nitrogens with zero attached hydrogens (tertiary/aromatic N) is 1. The van der Waals surface area contributed by atoms with Crippen molar-refractivity contribution in [3.8, 4) is 0 Å². The van der Waals surface area contributed by atoms with Crippen LogP contribution in [-0.2, 0) is 4.74 Å². The van der Waals surface area contributed by atoms with Gasteiger partial charge in [0, 0.05) is 25.9 Å². The molecule has 0 spiro atoms. The fourth-order valence-corrected chi connectivity index (χ4v) is 0.973. The quantitative estimate of drug-likeness (QED) is 0.491. The monoisotopic (exact) mass is 239 g/mol. The molecule has 0 saturated carbocycles. The molecule has 0 rings (SSSR count). The van der Waals surface area contributed by atoms with Crippen LogP contribution in [0.2, 0.25) is 0 Å². The van der Waals surface area contributed by atoms with Crippen LogP contribution >= 0.6 is 0 Å². The Kier molecular flexibility index (Phi) is 12.4. The third-order valence-electron chi connectivity index (χ3n) is 2.32. The lowest BCUT2D eigenvalue weighted by atomic mass is 10.1. The lowest BCUT2D eigenvalue weighted by molar-refractivity contribution is 0.131. The van der Waals surface area contributed by atoms with E-state index < -0.39 is 0 Å². The van der Waals surface area contributed by atoms with Crippen LogP contribution in [0.3, 0.4) is 0 Å². The number of likely N-dealkylation sites (N-methyl/N-ethyl adjacent to an activating group) is 1. The summed E-state index contributed by atoms with van der Waals surface area (Å²) in [5, 5.41) is 0. The molecule has 0 bridgehead atoms.